The minimum atomic E-state index is -1.36. The van der Waals surface area contributed by atoms with Gasteiger partial charge in [0.2, 0.25) is 0 Å². The summed E-state index contributed by atoms with van der Waals surface area (Å²) in [6.45, 7) is 0. The molecular formula is C3H4Cl4O4. The molecule has 0 heterocycles. The molecule has 0 fully saturated rings. The second kappa shape index (κ2) is 16.6. The number of carboxylic acid groups (broad SMARTS) is 2. The summed E-state index contributed by atoms with van der Waals surface area (Å²) in [6.07, 6.45) is 0. The highest BCUT2D eigenvalue weighted by Gasteiger charge is 1.71. The Morgan fingerprint density at radius 1 is 1.00 bits per heavy atom. The highest BCUT2D eigenvalue weighted by Crippen LogP contribution is 1.73. The summed E-state index contributed by atoms with van der Waals surface area (Å²) < 4.78 is 0. The molecule has 0 rings (SSSR count). The number of hydrogen-bond donors (Lipinski definition) is 2. The molecule has 68 valence electrons. The zero-order chi connectivity index (χ0) is 9.86. The van der Waals surface area contributed by atoms with Gasteiger partial charge in [0.1, 0.15) is 0 Å². The molecule has 0 aliphatic heterocycles. The lowest BCUT2D eigenvalue weighted by Gasteiger charge is -1.55. The molecule has 0 atom stereocenters. The van der Waals surface area contributed by atoms with E-state index in [0.717, 1.165) is 0 Å². The second-order valence-electron chi connectivity index (χ2n) is 0.607. The number of halogens is 4. The molecule has 0 aliphatic rings. The van der Waals surface area contributed by atoms with Gasteiger partial charge in [-0.05, 0) is 0 Å². The van der Waals surface area contributed by atoms with Crippen molar-refractivity contribution in [2.45, 2.75) is 0 Å². The van der Waals surface area contributed by atoms with Crippen LogP contribution < -0.4 is 0 Å². The molecule has 2 N–H and O–H groups in total. The van der Waals surface area contributed by atoms with E-state index in [-0.39, 0.29) is 5.34 Å². The third kappa shape index (κ3) is 66300. The highest BCUT2D eigenvalue weighted by atomic mass is 35.5. The van der Waals surface area contributed by atoms with Crippen LogP contribution in [0.4, 0.5) is 9.59 Å². The van der Waals surface area contributed by atoms with E-state index >= 15 is 0 Å². The summed E-state index contributed by atoms with van der Waals surface area (Å²) in [5, 5.41) is 14.6. The predicted molar refractivity (Wildman–Crippen MR) is 44.3 cm³/mol. The molecule has 0 aromatic carbocycles. The van der Waals surface area contributed by atoms with Gasteiger partial charge in [0.15, 0.2) is 0 Å². The molecule has 0 bridgehead atoms. The van der Waals surface area contributed by atoms with Crippen LogP contribution >= 0.6 is 46.4 Å². The van der Waals surface area contributed by atoms with Crippen molar-refractivity contribution in [2.24, 2.45) is 0 Å². The Bertz CT molecular complexity index is 85.5. The highest BCUT2D eigenvalue weighted by molar-refractivity contribution is 6.60. The molecule has 4 nitrogen and oxygen atoms in total. The summed E-state index contributed by atoms with van der Waals surface area (Å²) in [4.78, 5) is 17.5. The average Bonchev–Trinajstić information content (AvgIpc) is 1.60. The number of alkyl halides is 2. The van der Waals surface area contributed by atoms with Crippen LogP contribution in [0.25, 0.3) is 0 Å². The number of hydrogen-bond acceptors (Lipinski definition) is 2. The smallest absolute Gasteiger partial charge is 0.401 e. The average molecular weight is 246 g/mol. The van der Waals surface area contributed by atoms with Gasteiger partial charge in [-0.1, -0.05) is 0 Å². The van der Waals surface area contributed by atoms with Crippen LogP contribution in [-0.4, -0.2) is 26.4 Å². The first kappa shape index (κ1) is 17.3. The van der Waals surface area contributed by atoms with Crippen molar-refractivity contribution in [3.05, 3.63) is 0 Å². The van der Waals surface area contributed by atoms with Crippen LogP contribution in [0.5, 0.6) is 0 Å². The summed E-state index contributed by atoms with van der Waals surface area (Å²) >= 11 is 17.9. The molecule has 8 heteroatoms. The third-order valence-corrected chi connectivity index (χ3v) is 0. The molecule has 0 aromatic rings. The SMILES string of the molecule is ClCCl.O=C(O)Cl.O=C(O)Cl. The van der Waals surface area contributed by atoms with Crippen molar-refractivity contribution in [1.29, 1.82) is 0 Å². The van der Waals surface area contributed by atoms with Crippen molar-refractivity contribution < 1.29 is 19.8 Å². The van der Waals surface area contributed by atoms with Crippen LogP contribution in [0, 0.1) is 0 Å². The van der Waals surface area contributed by atoms with Crippen molar-refractivity contribution in [3.63, 3.8) is 0 Å². The summed E-state index contributed by atoms with van der Waals surface area (Å²) in [6, 6.07) is 0. The van der Waals surface area contributed by atoms with Crippen LogP contribution in [0.2, 0.25) is 0 Å². The topological polar surface area (TPSA) is 74.6 Å². The van der Waals surface area contributed by atoms with Gasteiger partial charge in [-0.25, -0.2) is 9.59 Å². The first-order valence-corrected chi connectivity index (χ1v) is 3.59. The van der Waals surface area contributed by atoms with E-state index in [9.17, 15) is 0 Å². The van der Waals surface area contributed by atoms with Crippen LogP contribution in [0.1, 0.15) is 0 Å². The van der Waals surface area contributed by atoms with Crippen LogP contribution in [-0.2, 0) is 0 Å². The lowest BCUT2D eigenvalue weighted by atomic mass is 11.6. The van der Waals surface area contributed by atoms with E-state index in [2.05, 4.69) is 23.2 Å². The Morgan fingerprint density at radius 3 is 1.00 bits per heavy atom. The van der Waals surface area contributed by atoms with Gasteiger partial charge in [-0.15, -0.1) is 23.2 Å². The minimum absolute atomic E-state index is 0.194. The van der Waals surface area contributed by atoms with Crippen molar-refractivity contribution >= 4 is 57.3 Å². The largest absolute Gasteiger partial charge is 0.469 e. The van der Waals surface area contributed by atoms with Gasteiger partial charge in [-0.3, -0.25) is 0 Å². The van der Waals surface area contributed by atoms with Crippen molar-refractivity contribution in [1.82, 2.24) is 0 Å². The lowest BCUT2D eigenvalue weighted by Crippen LogP contribution is -1.66. The second-order valence-corrected chi connectivity index (χ2v) is 2.06. The molecule has 0 spiro atoms. The van der Waals surface area contributed by atoms with Gasteiger partial charge in [0.05, 0.1) is 5.34 Å². The predicted octanol–water partition coefficient (Wildman–Crippen LogP) is 3.23. The van der Waals surface area contributed by atoms with E-state index in [1.807, 2.05) is 0 Å². The number of rotatable bonds is 0. The van der Waals surface area contributed by atoms with Gasteiger partial charge in [-0.2, -0.15) is 0 Å². The lowest BCUT2D eigenvalue weighted by molar-refractivity contribution is 0.219. The van der Waals surface area contributed by atoms with Gasteiger partial charge in [0, 0.05) is 23.2 Å². The van der Waals surface area contributed by atoms with E-state index in [0.29, 0.717) is 0 Å². The molecule has 11 heavy (non-hydrogen) atoms. The Kier molecular flexibility index (Phi) is 26.0. The zero-order valence-electron chi connectivity index (χ0n) is 4.93. The minimum Gasteiger partial charge on any atom is -0.469 e. The van der Waals surface area contributed by atoms with Gasteiger partial charge < -0.3 is 10.2 Å². The Morgan fingerprint density at radius 2 is 1.00 bits per heavy atom. The normalized spacial score (nSPS) is 6.18. The fraction of sp³-hybridized carbons (Fsp3) is 0.333. The van der Waals surface area contributed by atoms with Gasteiger partial charge in [0.25, 0.3) is 0 Å². The molecule has 0 unspecified atom stereocenters. The third-order valence-electron chi connectivity index (χ3n) is 0. The van der Waals surface area contributed by atoms with Crippen molar-refractivity contribution in [3.8, 4) is 0 Å². The summed E-state index contributed by atoms with van der Waals surface area (Å²) in [5.41, 5.74) is -2.72. The van der Waals surface area contributed by atoms with Gasteiger partial charge >= 0.3 is 10.9 Å². The molecule has 0 saturated heterocycles. The Labute approximate surface area is 82.6 Å². The molecule has 0 aromatic heterocycles. The first-order valence-electron chi connectivity index (χ1n) is 1.77. The summed E-state index contributed by atoms with van der Waals surface area (Å²) in [7, 11) is 0. The molecule has 0 amide bonds. The van der Waals surface area contributed by atoms with Crippen LogP contribution in [0.15, 0.2) is 0 Å². The maximum Gasteiger partial charge on any atom is 0.401 e. The monoisotopic (exact) mass is 244 g/mol. The van der Waals surface area contributed by atoms with E-state index < -0.39 is 10.9 Å². The van der Waals surface area contributed by atoms with Crippen molar-refractivity contribution in [2.75, 3.05) is 5.34 Å². The Hall–Kier alpha value is 0.1000. The fourth-order valence-electron chi connectivity index (χ4n) is 0. The zero-order valence-corrected chi connectivity index (χ0v) is 7.95. The standard InChI is InChI=1S/CH2Cl2.2CHClO2/c2-1-3;2*2-1(3)4/h1H2;2*(H,3,4). The van der Waals surface area contributed by atoms with E-state index in [4.69, 9.17) is 43.0 Å². The molecule has 0 saturated carbocycles. The van der Waals surface area contributed by atoms with Crippen LogP contribution in [0.3, 0.4) is 0 Å². The fourth-order valence-corrected chi connectivity index (χ4v) is 0. The quantitative estimate of drug-likeness (QED) is 0.508. The van der Waals surface area contributed by atoms with E-state index in [1.54, 1.807) is 0 Å². The maximum atomic E-state index is 8.77. The molecule has 0 radical (unpaired) electrons. The Balaban J connectivity index is -0.0000000886. The van der Waals surface area contributed by atoms with E-state index in [1.165, 1.54) is 0 Å². The molecular weight excluding hydrogens is 242 g/mol. The number of carbonyl (C=O) groups is 2. The first-order chi connectivity index (χ1) is 4.88. The maximum absolute atomic E-state index is 8.77. The summed E-state index contributed by atoms with van der Waals surface area (Å²) in [5.74, 6) is 0. The molecule has 0 aliphatic carbocycles.